The fourth-order valence-electron chi connectivity index (χ4n) is 3.10. The van der Waals surface area contributed by atoms with Crippen LogP contribution in [0.5, 0.6) is 5.75 Å². The van der Waals surface area contributed by atoms with E-state index in [9.17, 15) is 18.0 Å². The van der Waals surface area contributed by atoms with E-state index in [1.54, 1.807) is 51.6 Å². The molecule has 0 aliphatic carbocycles. The number of hydrogen-bond acceptors (Lipinski definition) is 6. The van der Waals surface area contributed by atoms with Gasteiger partial charge in [-0.25, -0.2) is 8.42 Å². The van der Waals surface area contributed by atoms with E-state index in [2.05, 4.69) is 0 Å². The zero-order valence-corrected chi connectivity index (χ0v) is 18.6. The smallest absolute Gasteiger partial charge is 0.273 e. The molecule has 0 saturated carbocycles. The first kappa shape index (κ1) is 22.1. The normalized spacial score (nSPS) is 14.5. The van der Waals surface area contributed by atoms with E-state index < -0.39 is 10.0 Å². The Morgan fingerprint density at radius 1 is 1.03 bits per heavy atom. The molecule has 30 heavy (non-hydrogen) atoms. The number of carbonyl (C=O) groups excluding carboxylic acids is 2. The van der Waals surface area contributed by atoms with E-state index in [1.165, 1.54) is 22.7 Å². The van der Waals surface area contributed by atoms with Crippen molar-refractivity contribution in [1.82, 2.24) is 9.80 Å². The van der Waals surface area contributed by atoms with Crippen molar-refractivity contribution in [2.24, 2.45) is 0 Å². The Balaban J connectivity index is 1.53. The number of carbonyl (C=O) groups is 2. The summed E-state index contributed by atoms with van der Waals surface area (Å²) in [6, 6.07) is 9.82. The van der Waals surface area contributed by atoms with Gasteiger partial charge in [0.15, 0.2) is 6.61 Å². The lowest BCUT2D eigenvalue weighted by Gasteiger charge is -2.34. The molecule has 162 valence electrons. The number of sulfonamides is 1. The molecule has 2 amide bonds. The highest BCUT2D eigenvalue weighted by Gasteiger charge is 2.24. The van der Waals surface area contributed by atoms with Crippen molar-refractivity contribution >= 4 is 38.9 Å². The molecular weight excluding hydrogens is 426 g/mol. The van der Waals surface area contributed by atoms with Gasteiger partial charge in [-0.05, 0) is 35.7 Å². The van der Waals surface area contributed by atoms with Crippen LogP contribution >= 0.6 is 11.3 Å². The summed E-state index contributed by atoms with van der Waals surface area (Å²) in [5, 5.41) is 1.72. The number of nitrogens with zero attached hydrogens (tertiary/aromatic N) is 3. The molecule has 0 N–H and O–H groups in total. The van der Waals surface area contributed by atoms with Crippen LogP contribution in [-0.2, 0) is 19.6 Å². The molecule has 1 aliphatic rings. The maximum absolute atomic E-state index is 12.6. The van der Waals surface area contributed by atoms with Crippen molar-refractivity contribution in [1.29, 1.82) is 0 Å². The number of hydrogen-bond donors (Lipinski definition) is 0. The molecule has 8 nitrogen and oxygen atoms in total. The molecule has 0 spiro atoms. The monoisotopic (exact) mass is 451 g/mol. The lowest BCUT2D eigenvalue weighted by atomic mass is 10.3. The first-order valence-electron chi connectivity index (χ1n) is 9.63. The van der Waals surface area contributed by atoms with Crippen LogP contribution in [0, 0.1) is 0 Å². The SMILES string of the molecule is CCC(=O)N1CCN(C(=O)COc2ccc(N(C)S(=O)(=O)c3cccs3)cc2)CC1. The summed E-state index contributed by atoms with van der Waals surface area (Å²) < 4.78 is 32.2. The molecule has 0 bridgehead atoms. The van der Waals surface area contributed by atoms with Crippen LogP contribution in [0.4, 0.5) is 5.69 Å². The van der Waals surface area contributed by atoms with E-state index >= 15 is 0 Å². The molecular formula is C20H25N3O5S2. The van der Waals surface area contributed by atoms with Gasteiger partial charge in [-0.3, -0.25) is 13.9 Å². The Kier molecular flexibility index (Phi) is 6.99. The van der Waals surface area contributed by atoms with Crippen molar-refractivity contribution < 1.29 is 22.7 Å². The number of piperazine rings is 1. The molecule has 2 heterocycles. The van der Waals surface area contributed by atoms with E-state index in [0.717, 1.165) is 0 Å². The largest absolute Gasteiger partial charge is 0.484 e. The maximum Gasteiger partial charge on any atom is 0.273 e. The zero-order chi connectivity index (χ0) is 21.7. The van der Waals surface area contributed by atoms with Crippen LogP contribution in [0.15, 0.2) is 46.0 Å². The lowest BCUT2D eigenvalue weighted by Crippen LogP contribution is -2.51. The highest BCUT2D eigenvalue weighted by atomic mass is 32.2. The van der Waals surface area contributed by atoms with Crippen LogP contribution in [-0.4, -0.2) is 69.9 Å². The van der Waals surface area contributed by atoms with Crippen molar-refractivity contribution in [3.05, 3.63) is 41.8 Å². The van der Waals surface area contributed by atoms with E-state index in [4.69, 9.17) is 4.74 Å². The summed E-state index contributed by atoms with van der Waals surface area (Å²) in [5.41, 5.74) is 0.499. The minimum absolute atomic E-state index is 0.101. The van der Waals surface area contributed by atoms with E-state index in [-0.39, 0.29) is 22.6 Å². The Morgan fingerprint density at radius 3 is 2.17 bits per heavy atom. The zero-order valence-electron chi connectivity index (χ0n) is 17.0. The van der Waals surface area contributed by atoms with Gasteiger partial charge in [0.25, 0.3) is 15.9 Å². The molecule has 1 aromatic carbocycles. The average molecular weight is 452 g/mol. The predicted molar refractivity (Wildman–Crippen MR) is 115 cm³/mol. The van der Waals surface area contributed by atoms with Crippen LogP contribution in [0.1, 0.15) is 13.3 Å². The molecule has 0 unspecified atom stereocenters. The number of rotatable bonds is 7. The fraction of sp³-hybridized carbons (Fsp3) is 0.400. The van der Waals surface area contributed by atoms with Gasteiger partial charge in [-0.15, -0.1) is 11.3 Å². The summed E-state index contributed by atoms with van der Waals surface area (Å²) in [4.78, 5) is 27.5. The standard InChI is InChI=1S/C20H25N3O5S2/c1-3-18(24)22-10-12-23(13-11-22)19(25)15-28-17-8-6-16(7-9-17)21(2)30(26,27)20-5-4-14-29-20/h4-9,14H,3,10-13,15H2,1-2H3. The second kappa shape index (κ2) is 9.48. The van der Waals surface area contributed by atoms with Gasteiger partial charge in [-0.1, -0.05) is 13.0 Å². The Morgan fingerprint density at radius 2 is 1.63 bits per heavy atom. The maximum atomic E-state index is 12.6. The molecule has 1 aromatic heterocycles. The van der Waals surface area contributed by atoms with Crippen molar-refractivity contribution in [2.75, 3.05) is 44.1 Å². The van der Waals surface area contributed by atoms with Gasteiger partial charge in [0.05, 0.1) is 5.69 Å². The lowest BCUT2D eigenvalue weighted by molar-refractivity contribution is -0.140. The molecule has 3 rings (SSSR count). The molecule has 1 aliphatic heterocycles. The summed E-state index contributed by atoms with van der Waals surface area (Å²) in [5.74, 6) is 0.443. The van der Waals surface area contributed by atoms with Crippen molar-refractivity contribution in [3.63, 3.8) is 0 Å². The van der Waals surface area contributed by atoms with Crippen LogP contribution < -0.4 is 9.04 Å². The van der Waals surface area contributed by atoms with Gasteiger partial charge < -0.3 is 14.5 Å². The third kappa shape index (κ3) is 4.93. The number of thiophene rings is 1. The Bertz CT molecular complexity index is 966. The van der Waals surface area contributed by atoms with Crippen molar-refractivity contribution in [3.8, 4) is 5.75 Å². The van der Waals surface area contributed by atoms with Crippen molar-refractivity contribution in [2.45, 2.75) is 17.6 Å². The summed E-state index contributed by atoms with van der Waals surface area (Å²) in [6.45, 7) is 3.80. The molecule has 0 radical (unpaired) electrons. The second-order valence-corrected chi connectivity index (χ2v) is 9.95. The Labute approximate surface area is 180 Å². The number of amides is 2. The third-order valence-electron chi connectivity index (χ3n) is 4.96. The van der Waals surface area contributed by atoms with Gasteiger partial charge in [-0.2, -0.15) is 0 Å². The predicted octanol–water partition coefficient (Wildman–Crippen LogP) is 2.03. The topological polar surface area (TPSA) is 87.2 Å². The number of ether oxygens (including phenoxy) is 1. The molecule has 1 fully saturated rings. The minimum Gasteiger partial charge on any atom is -0.484 e. The second-order valence-electron chi connectivity index (χ2n) is 6.80. The van der Waals surface area contributed by atoms with Gasteiger partial charge in [0, 0.05) is 39.6 Å². The van der Waals surface area contributed by atoms with Crippen LogP contribution in [0.25, 0.3) is 0 Å². The van der Waals surface area contributed by atoms with Crippen LogP contribution in [0.2, 0.25) is 0 Å². The van der Waals surface area contributed by atoms with Crippen LogP contribution in [0.3, 0.4) is 0 Å². The van der Waals surface area contributed by atoms with Gasteiger partial charge in [0.1, 0.15) is 9.96 Å². The summed E-state index contributed by atoms with van der Waals surface area (Å²) in [7, 11) is -2.09. The number of anilines is 1. The molecule has 0 atom stereocenters. The molecule has 10 heteroatoms. The first-order chi connectivity index (χ1) is 14.3. The minimum atomic E-state index is -3.59. The van der Waals surface area contributed by atoms with Gasteiger partial charge in [0.2, 0.25) is 5.91 Å². The summed E-state index contributed by atoms with van der Waals surface area (Å²) >= 11 is 1.17. The highest BCUT2D eigenvalue weighted by Crippen LogP contribution is 2.26. The molecule has 2 aromatic rings. The Hall–Kier alpha value is -2.59. The van der Waals surface area contributed by atoms with E-state index in [0.29, 0.717) is 44.0 Å². The van der Waals surface area contributed by atoms with Gasteiger partial charge >= 0.3 is 0 Å². The first-order valence-corrected chi connectivity index (χ1v) is 12.0. The quantitative estimate of drug-likeness (QED) is 0.643. The summed E-state index contributed by atoms with van der Waals surface area (Å²) in [6.07, 6.45) is 0.469. The van der Waals surface area contributed by atoms with E-state index in [1.807, 2.05) is 6.92 Å². The highest BCUT2D eigenvalue weighted by molar-refractivity contribution is 7.94. The average Bonchev–Trinajstić information content (AvgIpc) is 3.33. The fourth-order valence-corrected chi connectivity index (χ4v) is 5.46. The third-order valence-corrected chi connectivity index (χ3v) is 8.12. The molecule has 1 saturated heterocycles. The number of benzene rings is 1.